The summed E-state index contributed by atoms with van der Waals surface area (Å²) in [4.78, 5) is 20.6. The molecule has 0 bridgehead atoms. The number of nitrogens with one attached hydrogen (secondary N) is 2. The molecule has 2 aromatic rings. The van der Waals surface area contributed by atoms with E-state index in [1.165, 1.54) is 0 Å². The Morgan fingerprint density at radius 1 is 1.39 bits per heavy atom. The maximum absolute atomic E-state index is 10.5. The van der Waals surface area contributed by atoms with Gasteiger partial charge in [0.15, 0.2) is 0 Å². The van der Waals surface area contributed by atoms with E-state index in [0.29, 0.717) is 17.8 Å². The number of carbonyl (C=O) groups is 2. The molecule has 1 aliphatic rings. The van der Waals surface area contributed by atoms with Crippen molar-refractivity contribution in [2.75, 3.05) is 17.6 Å². The van der Waals surface area contributed by atoms with Crippen LogP contribution in [0.25, 0.3) is 11.1 Å². The van der Waals surface area contributed by atoms with E-state index in [9.17, 15) is 9.59 Å². The lowest BCUT2D eigenvalue weighted by molar-refractivity contribution is -0.119. The van der Waals surface area contributed by atoms with Crippen LogP contribution >= 0.6 is 0 Å². The zero-order valence-corrected chi connectivity index (χ0v) is 13.2. The van der Waals surface area contributed by atoms with Crippen molar-refractivity contribution in [2.24, 2.45) is 0 Å². The molecule has 4 N–H and O–H groups in total. The summed E-state index contributed by atoms with van der Waals surface area (Å²) in [5.74, 6) is 0.944. The molecule has 0 saturated carbocycles. The molecule has 1 saturated heterocycles. The number of aromatic nitrogens is 1. The molecule has 0 aliphatic carbocycles. The van der Waals surface area contributed by atoms with Gasteiger partial charge in [-0.15, -0.1) is 0 Å². The molecule has 2 amide bonds. The number of nitrogen functional groups attached to an aromatic ring is 1. The first-order valence-corrected chi connectivity index (χ1v) is 7.32. The number of nitrogens with zero attached hydrogens (tertiary/aromatic N) is 1. The van der Waals surface area contributed by atoms with Crippen LogP contribution in [-0.2, 0) is 9.59 Å². The van der Waals surface area contributed by atoms with Gasteiger partial charge in [-0.25, -0.2) is 0 Å². The average molecular weight is 316 g/mol. The number of nitrogens with two attached hydrogens (primary N) is 1. The third kappa shape index (κ3) is 4.09. The van der Waals surface area contributed by atoms with Crippen LogP contribution in [0.1, 0.15) is 24.3 Å². The molecule has 7 nitrogen and oxygen atoms in total. The molecule has 0 atom stereocenters. The largest absolute Gasteiger partial charge is 0.397 e. The van der Waals surface area contributed by atoms with Crippen LogP contribution in [0.2, 0.25) is 0 Å². The van der Waals surface area contributed by atoms with E-state index < -0.39 is 0 Å². The fourth-order valence-corrected chi connectivity index (χ4v) is 2.36. The second-order valence-electron chi connectivity index (χ2n) is 5.22. The molecule has 0 spiro atoms. The highest BCUT2D eigenvalue weighted by molar-refractivity contribution is 5.84. The first-order valence-electron chi connectivity index (χ1n) is 7.32. The van der Waals surface area contributed by atoms with Gasteiger partial charge in [-0.1, -0.05) is 11.2 Å². The second-order valence-corrected chi connectivity index (χ2v) is 5.22. The SMILES string of the molecule is Cc1noc(C)c1-c1ccc(N)c(NC=O)c1.O=C1CCCN1. The smallest absolute Gasteiger partial charge is 0.220 e. The van der Waals surface area contributed by atoms with E-state index in [0.717, 1.165) is 42.0 Å². The first kappa shape index (κ1) is 16.5. The van der Waals surface area contributed by atoms with Crippen molar-refractivity contribution in [1.82, 2.24) is 10.5 Å². The van der Waals surface area contributed by atoms with Crippen LogP contribution < -0.4 is 16.4 Å². The monoisotopic (exact) mass is 316 g/mol. The van der Waals surface area contributed by atoms with Crippen LogP contribution in [0.15, 0.2) is 22.7 Å². The van der Waals surface area contributed by atoms with Crippen molar-refractivity contribution < 1.29 is 14.1 Å². The minimum absolute atomic E-state index is 0.204. The average Bonchev–Trinajstić information content (AvgIpc) is 3.12. The maximum Gasteiger partial charge on any atom is 0.220 e. The van der Waals surface area contributed by atoms with Gasteiger partial charge < -0.3 is 20.9 Å². The van der Waals surface area contributed by atoms with E-state index in [4.69, 9.17) is 10.3 Å². The molecule has 7 heteroatoms. The number of benzene rings is 1. The number of rotatable bonds is 3. The van der Waals surface area contributed by atoms with E-state index in [-0.39, 0.29) is 5.91 Å². The van der Waals surface area contributed by atoms with Gasteiger partial charge >= 0.3 is 0 Å². The van der Waals surface area contributed by atoms with Crippen molar-refractivity contribution in [3.05, 3.63) is 29.7 Å². The van der Waals surface area contributed by atoms with Gasteiger partial charge in [0.1, 0.15) is 5.76 Å². The van der Waals surface area contributed by atoms with E-state index in [2.05, 4.69) is 15.8 Å². The number of hydrogen-bond acceptors (Lipinski definition) is 5. The molecule has 1 aliphatic heterocycles. The number of aryl methyl sites for hydroxylation is 2. The highest BCUT2D eigenvalue weighted by Crippen LogP contribution is 2.31. The van der Waals surface area contributed by atoms with Crippen LogP contribution in [0.5, 0.6) is 0 Å². The number of carbonyl (C=O) groups excluding carboxylic acids is 2. The van der Waals surface area contributed by atoms with E-state index in [1.807, 2.05) is 19.9 Å². The summed E-state index contributed by atoms with van der Waals surface area (Å²) in [6.45, 7) is 4.60. The second kappa shape index (κ2) is 7.44. The summed E-state index contributed by atoms with van der Waals surface area (Å²) >= 11 is 0. The minimum Gasteiger partial charge on any atom is -0.397 e. The quantitative estimate of drug-likeness (QED) is 0.592. The molecule has 1 aromatic carbocycles. The number of amides is 2. The Morgan fingerprint density at radius 2 is 2.17 bits per heavy atom. The Hall–Kier alpha value is -2.83. The lowest BCUT2D eigenvalue weighted by Crippen LogP contribution is -2.12. The van der Waals surface area contributed by atoms with Gasteiger partial charge in [-0.05, 0) is 38.0 Å². The Kier molecular flexibility index (Phi) is 5.35. The highest BCUT2D eigenvalue weighted by Gasteiger charge is 2.12. The van der Waals surface area contributed by atoms with Crippen molar-refractivity contribution in [1.29, 1.82) is 0 Å². The van der Waals surface area contributed by atoms with Crippen molar-refractivity contribution >= 4 is 23.7 Å². The van der Waals surface area contributed by atoms with Crippen LogP contribution in [0.3, 0.4) is 0 Å². The third-order valence-electron chi connectivity index (χ3n) is 3.49. The lowest BCUT2D eigenvalue weighted by atomic mass is 10.0. The number of anilines is 2. The summed E-state index contributed by atoms with van der Waals surface area (Å²) in [6.07, 6.45) is 2.36. The normalized spacial score (nSPS) is 13.0. The summed E-state index contributed by atoms with van der Waals surface area (Å²) in [5.41, 5.74) is 9.50. The molecule has 0 radical (unpaired) electrons. The minimum atomic E-state index is 0.204. The molecule has 0 unspecified atom stereocenters. The molecule has 1 aromatic heterocycles. The maximum atomic E-state index is 10.5. The third-order valence-corrected chi connectivity index (χ3v) is 3.49. The molecule has 122 valence electrons. The lowest BCUT2D eigenvalue weighted by Gasteiger charge is -2.07. The number of hydrogen-bond donors (Lipinski definition) is 3. The Morgan fingerprint density at radius 3 is 2.65 bits per heavy atom. The van der Waals surface area contributed by atoms with E-state index >= 15 is 0 Å². The Labute approximate surface area is 134 Å². The summed E-state index contributed by atoms with van der Waals surface area (Å²) in [6, 6.07) is 5.42. The van der Waals surface area contributed by atoms with Gasteiger partial charge in [0.05, 0.1) is 17.1 Å². The standard InChI is InChI=1S/C12H13N3O2.C4H7NO/c1-7-12(8(2)17-15-7)9-3-4-10(13)11(5-9)14-6-16;6-4-2-1-3-5-4/h3-6H,13H2,1-2H3,(H,14,16);1-3H2,(H,5,6). The van der Waals surface area contributed by atoms with Crippen molar-refractivity contribution in [3.8, 4) is 11.1 Å². The summed E-state index contributed by atoms with van der Waals surface area (Å²) in [5, 5.41) is 9.14. The molecule has 3 rings (SSSR count). The van der Waals surface area contributed by atoms with Crippen molar-refractivity contribution in [2.45, 2.75) is 26.7 Å². The molecular weight excluding hydrogens is 296 g/mol. The zero-order chi connectivity index (χ0) is 16.8. The van der Waals surface area contributed by atoms with Gasteiger partial charge in [0.25, 0.3) is 0 Å². The predicted octanol–water partition coefficient (Wildman–Crippen LogP) is 2.01. The topological polar surface area (TPSA) is 110 Å². The van der Waals surface area contributed by atoms with Crippen LogP contribution in [-0.4, -0.2) is 24.0 Å². The fourth-order valence-electron chi connectivity index (χ4n) is 2.36. The fraction of sp³-hybridized carbons (Fsp3) is 0.312. The highest BCUT2D eigenvalue weighted by atomic mass is 16.5. The van der Waals surface area contributed by atoms with Crippen LogP contribution in [0, 0.1) is 13.8 Å². The van der Waals surface area contributed by atoms with E-state index in [1.54, 1.807) is 12.1 Å². The summed E-state index contributed by atoms with van der Waals surface area (Å²) in [7, 11) is 0. The van der Waals surface area contributed by atoms with Gasteiger partial charge in [-0.2, -0.15) is 0 Å². The molecule has 23 heavy (non-hydrogen) atoms. The Bertz CT molecular complexity index is 682. The molecular formula is C16H20N4O3. The zero-order valence-electron chi connectivity index (χ0n) is 13.2. The predicted molar refractivity (Wildman–Crippen MR) is 87.8 cm³/mol. The molecule has 1 fully saturated rings. The summed E-state index contributed by atoms with van der Waals surface area (Å²) < 4.78 is 5.11. The first-order chi connectivity index (χ1) is 11.0. The van der Waals surface area contributed by atoms with Gasteiger partial charge in [0, 0.05) is 18.5 Å². The van der Waals surface area contributed by atoms with Gasteiger partial charge in [0.2, 0.25) is 12.3 Å². The molecule has 2 heterocycles. The van der Waals surface area contributed by atoms with Crippen molar-refractivity contribution in [3.63, 3.8) is 0 Å². The van der Waals surface area contributed by atoms with Gasteiger partial charge in [-0.3, -0.25) is 9.59 Å². The van der Waals surface area contributed by atoms with Crippen LogP contribution in [0.4, 0.5) is 11.4 Å². The Balaban J connectivity index is 0.000000268.